The van der Waals surface area contributed by atoms with E-state index in [1.54, 1.807) is 9.80 Å². The summed E-state index contributed by atoms with van der Waals surface area (Å²) < 4.78 is 0. The van der Waals surface area contributed by atoms with Crippen LogP contribution in [0.4, 0.5) is 0 Å². The molecule has 1 spiro atoms. The van der Waals surface area contributed by atoms with Gasteiger partial charge in [-0.25, -0.2) is 0 Å². The van der Waals surface area contributed by atoms with Gasteiger partial charge in [0.1, 0.15) is 6.04 Å². The molecular formula is C24H41N3O3. The van der Waals surface area contributed by atoms with E-state index in [1.807, 2.05) is 13.8 Å². The Kier molecular flexibility index (Phi) is 7.59. The van der Waals surface area contributed by atoms with Gasteiger partial charge in [0, 0.05) is 26.2 Å². The van der Waals surface area contributed by atoms with Gasteiger partial charge in [-0.3, -0.25) is 14.4 Å². The minimum absolute atomic E-state index is 0.0229. The van der Waals surface area contributed by atoms with E-state index in [0.29, 0.717) is 43.9 Å². The molecule has 170 valence electrons. The fourth-order valence-electron chi connectivity index (χ4n) is 5.65. The van der Waals surface area contributed by atoms with E-state index in [4.69, 9.17) is 0 Å². The highest BCUT2D eigenvalue weighted by Crippen LogP contribution is 2.46. The standard InChI is InChI=1S/C24H41N3O3/c1-17(2)15-19-22(29)27(14-11-25-19)20(16-18(3)4)21(28)23(30)26-12-9-24(10-13-26)7-5-6-8-24/h17-20,25H,5-16H2,1-4H3/t19-,20-/m0/s1. The normalized spacial score (nSPS) is 25.4. The summed E-state index contributed by atoms with van der Waals surface area (Å²) in [7, 11) is 0. The monoisotopic (exact) mass is 419 g/mol. The summed E-state index contributed by atoms with van der Waals surface area (Å²) in [5.74, 6) is -0.153. The second kappa shape index (κ2) is 9.80. The Hall–Kier alpha value is -1.43. The predicted molar refractivity (Wildman–Crippen MR) is 118 cm³/mol. The van der Waals surface area contributed by atoms with Crippen molar-refractivity contribution in [2.45, 2.75) is 91.1 Å². The molecule has 1 saturated carbocycles. The van der Waals surface area contributed by atoms with Gasteiger partial charge < -0.3 is 15.1 Å². The molecule has 2 amide bonds. The Morgan fingerprint density at radius 3 is 2.20 bits per heavy atom. The van der Waals surface area contributed by atoms with Crippen LogP contribution >= 0.6 is 0 Å². The molecule has 0 unspecified atom stereocenters. The van der Waals surface area contributed by atoms with Gasteiger partial charge in [0.25, 0.3) is 5.91 Å². The van der Waals surface area contributed by atoms with Gasteiger partial charge in [-0.1, -0.05) is 40.5 Å². The molecule has 2 heterocycles. The number of carbonyl (C=O) groups excluding carboxylic acids is 3. The van der Waals surface area contributed by atoms with Crippen molar-refractivity contribution in [1.29, 1.82) is 0 Å². The fraction of sp³-hybridized carbons (Fsp3) is 0.875. The summed E-state index contributed by atoms with van der Waals surface area (Å²) >= 11 is 0. The maximum atomic E-state index is 13.4. The number of carbonyl (C=O) groups is 3. The number of piperazine rings is 1. The molecular weight excluding hydrogens is 378 g/mol. The smallest absolute Gasteiger partial charge is 0.292 e. The lowest BCUT2D eigenvalue weighted by Gasteiger charge is -2.41. The van der Waals surface area contributed by atoms with Crippen molar-refractivity contribution in [3.05, 3.63) is 0 Å². The van der Waals surface area contributed by atoms with Crippen molar-refractivity contribution in [3.8, 4) is 0 Å². The van der Waals surface area contributed by atoms with Gasteiger partial charge in [0.05, 0.1) is 6.04 Å². The van der Waals surface area contributed by atoms with Crippen LogP contribution in [0.3, 0.4) is 0 Å². The summed E-state index contributed by atoms with van der Waals surface area (Å²) in [4.78, 5) is 43.1. The minimum Gasteiger partial charge on any atom is -0.336 e. The van der Waals surface area contributed by atoms with Crippen LogP contribution in [0.2, 0.25) is 0 Å². The Morgan fingerprint density at radius 2 is 1.63 bits per heavy atom. The first-order valence-corrected chi connectivity index (χ1v) is 12.1. The molecule has 6 nitrogen and oxygen atoms in total. The Balaban J connectivity index is 1.69. The lowest BCUT2D eigenvalue weighted by atomic mass is 9.77. The van der Waals surface area contributed by atoms with E-state index in [0.717, 1.165) is 19.3 Å². The second-order valence-corrected chi connectivity index (χ2v) is 10.7. The van der Waals surface area contributed by atoms with Gasteiger partial charge in [-0.05, 0) is 55.8 Å². The molecule has 1 aliphatic carbocycles. The third kappa shape index (κ3) is 5.24. The molecule has 6 heteroatoms. The molecule has 2 aliphatic heterocycles. The largest absolute Gasteiger partial charge is 0.336 e. The Morgan fingerprint density at radius 1 is 1.00 bits per heavy atom. The van der Waals surface area contributed by atoms with Gasteiger partial charge in [-0.15, -0.1) is 0 Å². The molecule has 1 N–H and O–H groups in total. The SMILES string of the molecule is CC(C)C[C@@H]1NCCN([C@@H](CC(C)C)C(=O)C(=O)N2CCC3(CCCC3)CC2)C1=O. The molecule has 2 saturated heterocycles. The Labute approximate surface area is 182 Å². The van der Waals surface area contributed by atoms with E-state index in [-0.39, 0.29) is 29.6 Å². The minimum atomic E-state index is -0.635. The highest BCUT2D eigenvalue weighted by Gasteiger charge is 2.43. The maximum Gasteiger partial charge on any atom is 0.292 e. The van der Waals surface area contributed by atoms with Crippen LogP contribution in [-0.2, 0) is 14.4 Å². The van der Waals surface area contributed by atoms with Crippen molar-refractivity contribution in [2.75, 3.05) is 26.2 Å². The van der Waals surface area contributed by atoms with Crippen molar-refractivity contribution >= 4 is 17.6 Å². The molecule has 0 bridgehead atoms. The average molecular weight is 420 g/mol. The number of nitrogens with one attached hydrogen (secondary N) is 1. The summed E-state index contributed by atoms with van der Waals surface area (Å²) in [5, 5.41) is 3.30. The first kappa shape index (κ1) is 23.2. The molecule has 0 aromatic carbocycles. The third-order valence-electron chi connectivity index (χ3n) is 7.39. The van der Waals surface area contributed by atoms with Gasteiger partial charge >= 0.3 is 0 Å². The number of ketones is 1. The van der Waals surface area contributed by atoms with E-state index in [1.165, 1.54) is 25.7 Å². The van der Waals surface area contributed by atoms with Gasteiger partial charge in [-0.2, -0.15) is 0 Å². The van der Waals surface area contributed by atoms with Crippen LogP contribution in [-0.4, -0.2) is 65.7 Å². The number of likely N-dealkylation sites (tertiary alicyclic amines) is 1. The number of Topliss-reactive ketones (excluding diaryl/α,β-unsaturated/α-hetero) is 1. The predicted octanol–water partition coefficient (Wildman–Crippen LogP) is 3.00. The molecule has 3 rings (SSSR count). The molecule has 30 heavy (non-hydrogen) atoms. The van der Waals surface area contributed by atoms with Crippen molar-refractivity contribution < 1.29 is 14.4 Å². The van der Waals surface area contributed by atoms with E-state index in [9.17, 15) is 14.4 Å². The number of rotatable bonds is 7. The molecule has 3 fully saturated rings. The fourth-order valence-corrected chi connectivity index (χ4v) is 5.65. The van der Waals surface area contributed by atoms with Crippen LogP contribution < -0.4 is 5.32 Å². The summed E-state index contributed by atoms with van der Waals surface area (Å²) in [6.07, 6.45) is 8.46. The maximum absolute atomic E-state index is 13.4. The van der Waals surface area contributed by atoms with Gasteiger partial charge in [0.2, 0.25) is 11.7 Å². The van der Waals surface area contributed by atoms with Crippen LogP contribution in [0.1, 0.15) is 79.1 Å². The molecule has 0 aromatic heterocycles. The topological polar surface area (TPSA) is 69.7 Å². The number of hydrogen-bond acceptors (Lipinski definition) is 4. The van der Waals surface area contributed by atoms with E-state index in [2.05, 4.69) is 19.2 Å². The zero-order valence-corrected chi connectivity index (χ0v) is 19.4. The third-order valence-corrected chi connectivity index (χ3v) is 7.39. The van der Waals surface area contributed by atoms with Crippen molar-refractivity contribution in [1.82, 2.24) is 15.1 Å². The number of hydrogen-bond donors (Lipinski definition) is 1. The second-order valence-electron chi connectivity index (χ2n) is 10.7. The summed E-state index contributed by atoms with van der Waals surface area (Å²) in [6, 6.07) is -0.891. The first-order chi connectivity index (χ1) is 14.2. The summed E-state index contributed by atoms with van der Waals surface area (Å²) in [6.45, 7) is 10.8. The quantitative estimate of drug-likeness (QED) is 0.644. The van der Waals surface area contributed by atoms with Crippen LogP contribution in [0.5, 0.6) is 0 Å². The average Bonchev–Trinajstić information content (AvgIpc) is 3.15. The van der Waals surface area contributed by atoms with E-state index < -0.39 is 6.04 Å². The molecule has 3 aliphatic rings. The number of nitrogens with zero attached hydrogens (tertiary/aromatic N) is 2. The summed E-state index contributed by atoms with van der Waals surface area (Å²) in [5.41, 5.74) is 0.412. The molecule has 0 radical (unpaired) electrons. The number of piperidine rings is 1. The zero-order chi connectivity index (χ0) is 21.9. The van der Waals surface area contributed by atoms with Crippen molar-refractivity contribution in [3.63, 3.8) is 0 Å². The Bertz CT molecular complexity index is 630. The van der Waals surface area contributed by atoms with Crippen LogP contribution in [0.15, 0.2) is 0 Å². The zero-order valence-electron chi connectivity index (χ0n) is 19.4. The first-order valence-electron chi connectivity index (χ1n) is 12.1. The number of amides is 2. The van der Waals surface area contributed by atoms with Crippen LogP contribution in [0.25, 0.3) is 0 Å². The lowest BCUT2D eigenvalue weighted by molar-refractivity contribution is -0.153. The van der Waals surface area contributed by atoms with Crippen molar-refractivity contribution in [2.24, 2.45) is 17.3 Å². The highest BCUT2D eigenvalue weighted by atomic mass is 16.2. The van der Waals surface area contributed by atoms with Crippen LogP contribution in [0, 0.1) is 17.3 Å². The van der Waals surface area contributed by atoms with E-state index >= 15 is 0 Å². The van der Waals surface area contributed by atoms with Gasteiger partial charge in [0.15, 0.2) is 0 Å². The molecule has 2 atom stereocenters. The highest BCUT2D eigenvalue weighted by molar-refractivity contribution is 6.38. The lowest BCUT2D eigenvalue weighted by Crippen LogP contribution is -2.61. The molecule has 0 aromatic rings.